The van der Waals surface area contributed by atoms with E-state index < -0.39 is 12.1 Å². The maximum Gasteiger partial charge on any atom is 0.306 e. The molecule has 0 aromatic heterocycles. The molecule has 0 aliphatic rings. The molecular weight excluding hydrogens is 757 g/mol. The van der Waals surface area contributed by atoms with Crippen LogP contribution in [0.5, 0.6) is 0 Å². The highest BCUT2D eigenvalue weighted by atomic mass is 16.6. The van der Waals surface area contributed by atoms with Crippen LogP contribution in [0.25, 0.3) is 0 Å². The van der Waals surface area contributed by atoms with Gasteiger partial charge in [0.15, 0.2) is 6.10 Å². The van der Waals surface area contributed by atoms with Crippen molar-refractivity contribution in [2.24, 2.45) is 0 Å². The summed E-state index contributed by atoms with van der Waals surface area (Å²) in [5, 5.41) is 0. The molecule has 0 spiro atoms. The molecule has 0 rings (SSSR count). The molecule has 0 aliphatic carbocycles. The molecule has 0 saturated heterocycles. The van der Waals surface area contributed by atoms with Crippen LogP contribution in [0.1, 0.15) is 188 Å². The summed E-state index contributed by atoms with van der Waals surface area (Å²) in [5.41, 5.74) is 0. The van der Waals surface area contributed by atoms with Gasteiger partial charge in [0, 0.05) is 19.3 Å². The van der Waals surface area contributed by atoms with Crippen LogP contribution in [0.15, 0.2) is 122 Å². The first kappa shape index (κ1) is 56.8. The maximum absolute atomic E-state index is 12.7. The number of hydrogen-bond donors (Lipinski definition) is 0. The zero-order chi connectivity index (χ0) is 44.4. The predicted octanol–water partition coefficient (Wildman–Crippen LogP) is 15.7. The molecule has 0 aromatic rings. The van der Waals surface area contributed by atoms with Crippen LogP contribution in [0, 0.1) is 0 Å². The molecule has 0 bridgehead atoms. The first-order valence-electron chi connectivity index (χ1n) is 24.1. The normalized spacial score (nSPS) is 13.2. The molecule has 0 fully saturated rings. The van der Waals surface area contributed by atoms with Crippen molar-refractivity contribution in [2.45, 2.75) is 194 Å². The molecule has 1 unspecified atom stereocenters. The average molecular weight is 843 g/mol. The van der Waals surface area contributed by atoms with Crippen molar-refractivity contribution in [1.29, 1.82) is 0 Å². The van der Waals surface area contributed by atoms with Gasteiger partial charge >= 0.3 is 17.9 Å². The highest BCUT2D eigenvalue weighted by molar-refractivity contribution is 5.71. The van der Waals surface area contributed by atoms with Crippen molar-refractivity contribution in [3.63, 3.8) is 0 Å². The zero-order valence-corrected chi connectivity index (χ0v) is 38.9. The van der Waals surface area contributed by atoms with Crippen molar-refractivity contribution < 1.29 is 28.6 Å². The molecule has 6 nitrogen and oxygen atoms in total. The monoisotopic (exact) mass is 843 g/mol. The lowest BCUT2D eigenvalue weighted by Gasteiger charge is -2.18. The van der Waals surface area contributed by atoms with Gasteiger partial charge in [-0.05, 0) is 89.9 Å². The van der Waals surface area contributed by atoms with Gasteiger partial charge < -0.3 is 14.2 Å². The largest absolute Gasteiger partial charge is 0.462 e. The molecule has 1 atom stereocenters. The summed E-state index contributed by atoms with van der Waals surface area (Å²) in [6, 6.07) is 0. The van der Waals surface area contributed by atoms with Gasteiger partial charge in [0.05, 0.1) is 0 Å². The lowest BCUT2D eigenvalue weighted by Crippen LogP contribution is -2.30. The summed E-state index contributed by atoms with van der Waals surface area (Å²) >= 11 is 0. The van der Waals surface area contributed by atoms with Crippen LogP contribution in [0.2, 0.25) is 0 Å². The Morgan fingerprint density at radius 2 is 0.738 bits per heavy atom. The minimum atomic E-state index is -0.839. The molecule has 0 radical (unpaired) electrons. The van der Waals surface area contributed by atoms with E-state index in [2.05, 4.69) is 87.6 Å². The summed E-state index contributed by atoms with van der Waals surface area (Å²) in [5.74, 6) is -1.07. The van der Waals surface area contributed by atoms with E-state index in [0.29, 0.717) is 19.3 Å². The van der Waals surface area contributed by atoms with E-state index in [9.17, 15) is 14.4 Å². The Morgan fingerprint density at radius 3 is 1.30 bits per heavy atom. The van der Waals surface area contributed by atoms with Crippen LogP contribution in [-0.4, -0.2) is 37.2 Å². The second-order valence-corrected chi connectivity index (χ2v) is 15.4. The van der Waals surface area contributed by atoms with Crippen LogP contribution in [0.3, 0.4) is 0 Å². The SMILES string of the molecule is CC\C=C/C=C\C=C/C=C\C=C/CCCC(=O)OC(COC(=O)CCCC/C=C\C/C=C\C/C=C\CC)COC(=O)CCCCCCC/C=C\C=C/CCCCCCCCC. The van der Waals surface area contributed by atoms with Crippen molar-refractivity contribution in [1.82, 2.24) is 0 Å². The third-order valence-electron chi connectivity index (χ3n) is 9.59. The Balaban J connectivity index is 4.55. The molecule has 0 saturated carbocycles. The third-order valence-corrected chi connectivity index (χ3v) is 9.59. The lowest BCUT2D eigenvalue weighted by atomic mass is 10.1. The summed E-state index contributed by atoms with van der Waals surface area (Å²) in [4.78, 5) is 37.8. The molecule has 0 N–H and O–H groups in total. The zero-order valence-electron chi connectivity index (χ0n) is 38.9. The second kappa shape index (κ2) is 48.5. The quantitative estimate of drug-likeness (QED) is 0.0201. The van der Waals surface area contributed by atoms with Crippen LogP contribution in [0.4, 0.5) is 0 Å². The number of esters is 3. The first-order valence-corrected chi connectivity index (χ1v) is 24.1. The topological polar surface area (TPSA) is 78.9 Å². The summed E-state index contributed by atoms with van der Waals surface area (Å²) < 4.78 is 16.6. The Kier molecular flexibility index (Phi) is 45.1. The van der Waals surface area contributed by atoms with Gasteiger partial charge in [0.2, 0.25) is 0 Å². The Morgan fingerprint density at radius 1 is 0.361 bits per heavy atom. The smallest absolute Gasteiger partial charge is 0.306 e. The van der Waals surface area contributed by atoms with Crippen LogP contribution in [-0.2, 0) is 28.6 Å². The van der Waals surface area contributed by atoms with E-state index in [1.807, 2.05) is 54.7 Å². The number of unbranched alkanes of at least 4 members (excludes halogenated alkanes) is 15. The minimum absolute atomic E-state index is 0.131. The number of hydrogen-bond acceptors (Lipinski definition) is 6. The molecule has 0 aromatic carbocycles. The van der Waals surface area contributed by atoms with E-state index in [0.717, 1.165) is 83.5 Å². The van der Waals surface area contributed by atoms with Gasteiger partial charge in [-0.3, -0.25) is 14.4 Å². The molecule has 0 amide bonds. The highest BCUT2D eigenvalue weighted by Crippen LogP contribution is 2.12. The Hall–Kier alpha value is -4.19. The fraction of sp³-hybridized carbons (Fsp3) is 0.582. The lowest BCUT2D eigenvalue weighted by molar-refractivity contribution is -0.167. The fourth-order valence-corrected chi connectivity index (χ4v) is 6.00. The van der Waals surface area contributed by atoms with Crippen molar-refractivity contribution in [3.05, 3.63) is 122 Å². The van der Waals surface area contributed by atoms with Crippen LogP contribution < -0.4 is 0 Å². The summed E-state index contributed by atoms with van der Waals surface area (Å²) in [7, 11) is 0. The molecule has 0 aliphatic heterocycles. The van der Waals surface area contributed by atoms with E-state index in [-0.39, 0.29) is 38.0 Å². The third kappa shape index (κ3) is 46.7. The van der Waals surface area contributed by atoms with Crippen molar-refractivity contribution in [3.8, 4) is 0 Å². The molecule has 342 valence electrons. The van der Waals surface area contributed by atoms with Gasteiger partial charge in [0.1, 0.15) is 13.2 Å². The summed E-state index contributed by atoms with van der Waals surface area (Å²) in [6.07, 6.45) is 66.3. The first-order chi connectivity index (χ1) is 30.0. The predicted molar refractivity (Wildman–Crippen MR) is 260 cm³/mol. The Bertz CT molecular complexity index is 1340. The van der Waals surface area contributed by atoms with E-state index in [1.165, 1.54) is 51.4 Å². The van der Waals surface area contributed by atoms with E-state index >= 15 is 0 Å². The highest BCUT2D eigenvalue weighted by Gasteiger charge is 2.19. The van der Waals surface area contributed by atoms with Crippen molar-refractivity contribution >= 4 is 17.9 Å². The van der Waals surface area contributed by atoms with Crippen molar-refractivity contribution in [2.75, 3.05) is 13.2 Å². The average Bonchev–Trinajstić information content (AvgIpc) is 3.26. The molecule has 61 heavy (non-hydrogen) atoms. The summed E-state index contributed by atoms with van der Waals surface area (Å²) in [6.45, 7) is 6.23. The van der Waals surface area contributed by atoms with Gasteiger partial charge in [-0.1, -0.05) is 200 Å². The van der Waals surface area contributed by atoms with Gasteiger partial charge in [-0.15, -0.1) is 0 Å². The Labute approximate surface area is 373 Å². The number of rotatable bonds is 41. The molecule has 6 heteroatoms. The number of ether oxygens (including phenoxy) is 3. The van der Waals surface area contributed by atoms with Gasteiger partial charge in [-0.2, -0.15) is 0 Å². The standard InChI is InChI=1S/C55H86O6/c1-4-7-10-13-16-19-22-25-26-27-28-29-31-33-36-39-42-45-48-54(57)60-51-52(50-59-53(56)47-44-41-38-35-32-24-21-18-15-12-9-6-3)61-55(58)49-46-43-40-37-34-30-23-20-17-14-11-8-5-2/h8-9,11-12,14,17-18,20-21,23,26-30,32,34-35,37,40,52H,4-7,10,13,15-16,19,22,24-25,31,33,36,38-39,41-51H2,1-3H3/b11-8-,12-9-,17-14-,21-18-,23-20-,27-26-,29-28-,34-30-,35-32-,40-37-. The van der Waals surface area contributed by atoms with E-state index in [1.54, 1.807) is 0 Å². The fourth-order valence-electron chi connectivity index (χ4n) is 6.00. The maximum atomic E-state index is 12.7. The number of allylic oxidation sites excluding steroid dienone is 20. The number of carbonyl (C=O) groups is 3. The molecular formula is C55H86O6. The van der Waals surface area contributed by atoms with Crippen LogP contribution >= 0.6 is 0 Å². The minimum Gasteiger partial charge on any atom is -0.462 e. The van der Waals surface area contributed by atoms with Gasteiger partial charge in [-0.25, -0.2) is 0 Å². The van der Waals surface area contributed by atoms with E-state index in [4.69, 9.17) is 14.2 Å². The second-order valence-electron chi connectivity index (χ2n) is 15.4. The number of carbonyl (C=O) groups excluding carboxylic acids is 3. The molecule has 0 heterocycles. The van der Waals surface area contributed by atoms with Gasteiger partial charge in [0.25, 0.3) is 0 Å².